The Morgan fingerprint density at radius 2 is 2.12 bits per heavy atom. The summed E-state index contributed by atoms with van der Waals surface area (Å²) in [6, 6.07) is 4.41. The summed E-state index contributed by atoms with van der Waals surface area (Å²) in [5, 5.41) is 5.70. The molecule has 4 nitrogen and oxygen atoms in total. The first-order valence-corrected chi connectivity index (χ1v) is 10.9. The molecule has 2 aliphatic rings. The fourth-order valence-corrected chi connectivity index (χ4v) is 4.72. The zero-order valence-corrected chi connectivity index (χ0v) is 16.7. The molecule has 0 saturated carbocycles. The normalized spacial score (nSPS) is 23.8. The van der Waals surface area contributed by atoms with Crippen molar-refractivity contribution in [2.24, 2.45) is 16.8 Å². The number of hydrogen-bond donors (Lipinski definition) is 1. The van der Waals surface area contributed by atoms with Crippen LogP contribution >= 0.6 is 11.3 Å². The van der Waals surface area contributed by atoms with Crippen molar-refractivity contribution in [3.8, 4) is 0 Å². The third-order valence-corrected chi connectivity index (χ3v) is 6.32. The van der Waals surface area contributed by atoms with Gasteiger partial charge in [0.2, 0.25) is 0 Å². The van der Waals surface area contributed by atoms with E-state index in [9.17, 15) is 0 Å². The molecule has 1 N–H and O–H groups in total. The van der Waals surface area contributed by atoms with Gasteiger partial charge in [-0.15, -0.1) is 11.3 Å². The Hall–Kier alpha value is -1.07. The maximum absolute atomic E-state index is 5.01. The van der Waals surface area contributed by atoms with E-state index in [0.29, 0.717) is 0 Å². The van der Waals surface area contributed by atoms with Crippen molar-refractivity contribution in [1.29, 1.82) is 0 Å². The summed E-state index contributed by atoms with van der Waals surface area (Å²) in [6.45, 7) is 12.4. The molecule has 1 unspecified atom stereocenters. The molecule has 0 radical (unpaired) electrons. The summed E-state index contributed by atoms with van der Waals surface area (Å²) >= 11 is 1.88. The van der Waals surface area contributed by atoms with Crippen LogP contribution in [0.2, 0.25) is 0 Å². The third-order valence-electron chi connectivity index (χ3n) is 5.46. The Bertz CT molecular complexity index is 520. The van der Waals surface area contributed by atoms with E-state index < -0.39 is 0 Å². The van der Waals surface area contributed by atoms with Gasteiger partial charge in [0.25, 0.3) is 0 Å². The fourth-order valence-electron chi connectivity index (χ4n) is 3.97. The predicted molar refractivity (Wildman–Crippen MR) is 108 cm³/mol. The first-order valence-electron chi connectivity index (χ1n) is 10.0. The second kappa shape index (κ2) is 9.58. The molecule has 2 aliphatic heterocycles. The van der Waals surface area contributed by atoms with Gasteiger partial charge < -0.3 is 10.2 Å². The highest BCUT2D eigenvalue weighted by Crippen LogP contribution is 2.21. The van der Waals surface area contributed by atoms with Crippen molar-refractivity contribution in [1.82, 2.24) is 15.1 Å². The van der Waals surface area contributed by atoms with E-state index in [4.69, 9.17) is 4.99 Å². The van der Waals surface area contributed by atoms with E-state index >= 15 is 0 Å². The molecule has 0 amide bonds. The lowest BCUT2D eigenvalue weighted by molar-refractivity contribution is 0.181. The zero-order chi connectivity index (χ0) is 17.5. The highest BCUT2D eigenvalue weighted by atomic mass is 32.1. The lowest BCUT2D eigenvalue weighted by Gasteiger charge is -2.34. The van der Waals surface area contributed by atoms with E-state index in [0.717, 1.165) is 50.5 Å². The standard InChI is InChI=1S/C20H34N4S/c1-3-21-20(24-10-4-6-17(2)15-24)22-14-18-8-11-23(12-9-18)16-19-7-5-13-25-19/h5,7,13,17-18H,3-4,6,8-12,14-16H2,1-2H3,(H,21,22). The van der Waals surface area contributed by atoms with E-state index in [1.165, 1.54) is 43.6 Å². The highest BCUT2D eigenvalue weighted by molar-refractivity contribution is 7.09. The molecule has 0 bridgehead atoms. The monoisotopic (exact) mass is 362 g/mol. The maximum Gasteiger partial charge on any atom is 0.193 e. The Morgan fingerprint density at radius 3 is 2.80 bits per heavy atom. The average Bonchev–Trinajstić information content (AvgIpc) is 3.13. The van der Waals surface area contributed by atoms with Gasteiger partial charge in [-0.25, -0.2) is 0 Å². The number of rotatable bonds is 5. The minimum Gasteiger partial charge on any atom is -0.357 e. The SMILES string of the molecule is CCNC(=NCC1CCN(Cc2cccs2)CC1)N1CCCC(C)C1. The van der Waals surface area contributed by atoms with Gasteiger partial charge in [-0.05, 0) is 69.0 Å². The number of thiophene rings is 1. The second-order valence-electron chi connectivity index (χ2n) is 7.69. The quantitative estimate of drug-likeness (QED) is 0.641. The maximum atomic E-state index is 5.01. The summed E-state index contributed by atoms with van der Waals surface area (Å²) in [5.41, 5.74) is 0. The molecule has 3 heterocycles. The van der Waals surface area contributed by atoms with Crippen molar-refractivity contribution in [2.45, 2.75) is 46.1 Å². The zero-order valence-electron chi connectivity index (χ0n) is 15.9. The summed E-state index contributed by atoms with van der Waals surface area (Å²) in [5.74, 6) is 2.68. The molecule has 3 rings (SSSR count). The van der Waals surface area contributed by atoms with Crippen LogP contribution in [0.15, 0.2) is 22.5 Å². The topological polar surface area (TPSA) is 30.9 Å². The number of hydrogen-bond acceptors (Lipinski definition) is 3. The first kappa shape index (κ1) is 18.7. The van der Waals surface area contributed by atoms with Crippen LogP contribution in [-0.2, 0) is 6.54 Å². The largest absolute Gasteiger partial charge is 0.357 e. The molecular weight excluding hydrogens is 328 g/mol. The lowest BCUT2D eigenvalue weighted by atomic mass is 9.97. The number of aliphatic imine (C=N–C) groups is 1. The van der Waals surface area contributed by atoms with E-state index in [1.807, 2.05) is 11.3 Å². The minimum absolute atomic E-state index is 0.746. The fraction of sp³-hybridized carbons (Fsp3) is 0.750. The van der Waals surface area contributed by atoms with Crippen LogP contribution in [0.5, 0.6) is 0 Å². The van der Waals surface area contributed by atoms with Crippen LogP contribution in [0, 0.1) is 11.8 Å². The smallest absolute Gasteiger partial charge is 0.193 e. The van der Waals surface area contributed by atoms with Crippen molar-refractivity contribution in [2.75, 3.05) is 39.3 Å². The average molecular weight is 363 g/mol. The molecule has 1 aromatic heterocycles. The van der Waals surface area contributed by atoms with Crippen LogP contribution in [0.25, 0.3) is 0 Å². The van der Waals surface area contributed by atoms with Crippen LogP contribution in [0.4, 0.5) is 0 Å². The molecule has 140 valence electrons. The van der Waals surface area contributed by atoms with Gasteiger partial charge in [-0.1, -0.05) is 13.0 Å². The molecular formula is C20H34N4S. The third kappa shape index (κ3) is 5.71. The Labute approximate surface area is 157 Å². The minimum atomic E-state index is 0.746. The van der Waals surface area contributed by atoms with Gasteiger partial charge in [-0.3, -0.25) is 9.89 Å². The Morgan fingerprint density at radius 1 is 1.28 bits per heavy atom. The Balaban J connectivity index is 1.46. The van der Waals surface area contributed by atoms with Crippen molar-refractivity contribution in [3.05, 3.63) is 22.4 Å². The highest BCUT2D eigenvalue weighted by Gasteiger charge is 2.22. The molecule has 1 aromatic rings. The number of piperidine rings is 2. The Kier molecular flexibility index (Phi) is 7.17. The number of likely N-dealkylation sites (tertiary alicyclic amines) is 2. The van der Waals surface area contributed by atoms with Crippen LogP contribution < -0.4 is 5.32 Å². The van der Waals surface area contributed by atoms with Gasteiger partial charge >= 0.3 is 0 Å². The van der Waals surface area contributed by atoms with Crippen LogP contribution in [0.1, 0.15) is 44.4 Å². The van der Waals surface area contributed by atoms with Gasteiger partial charge in [0.05, 0.1) is 0 Å². The molecule has 1 atom stereocenters. The molecule has 5 heteroatoms. The molecule has 2 saturated heterocycles. The van der Waals surface area contributed by atoms with Gasteiger partial charge in [0.1, 0.15) is 0 Å². The van der Waals surface area contributed by atoms with Gasteiger partial charge in [-0.2, -0.15) is 0 Å². The van der Waals surface area contributed by atoms with Crippen LogP contribution in [0.3, 0.4) is 0 Å². The van der Waals surface area contributed by atoms with E-state index in [2.05, 4.69) is 46.5 Å². The summed E-state index contributed by atoms with van der Waals surface area (Å²) in [4.78, 5) is 11.6. The predicted octanol–water partition coefficient (Wildman–Crippen LogP) is 3.66. The summed E-state index contributed by atoms with van der Waals surface area (Å²) in [7, 11) is 0. The van der Waals surface area contributed by atoms with Crippen molar-refractivity contribution < 1.29 is 0 Å². The second-order valence-corrected chi connectivity index (χ2v) is 8.72. The van der Waals surface area contributed by atoms with Crippen LogP contribution in [-0.4, -0.2) is 55.0 Å². The molecule has 25 heavy (non-hydrogen) atoms. The van der Waals surface area contributed by atoms with E-state index in [-0.39, 0.29) is 0 Å². The molecule has 2 fully saturated rings. The summed E-state index contributed by atoms with van der Waals surface area (Å²) < 4.78 is 0. The lowest BCUT2D eigenvalue weighted by Crippen LogP contribution is -2.46. The number of nitrogens with one attached hydrogen (secondary N) is 1. The van der Waals surface area contributed by atoms with Crippen molar-refractivity contribution in [3.63, 3.8) is 0 Å². The molecule has 0 aliphatic carbocycles. The molecule has 0 spiro atoms. The first-order chi connectivity index (χ1) is 12.2. The van der Waals surface area contributed by atoms with E-state index in [1.54, 1.807) is 0 Å². The number of guanidine groups is 1. The van der Waals surface area contributed by atoms with Gasteiger partial charge in [0, 0.05) is 37.6 Å². The summed E-state index contributed by atoms with van der Waals surface area (Å²) in [6.07, 6.45) is 5.22. The van der Waals surface area contributed by atoms with Crippen molar-refractivity contribution >= 4 is 17.3 Å². The van der Waals surface area contributed by atoms with Gasteiger partial charge in [0.15, 0.2) is 5.96 Å². The molecule has 0 aromatic carbocycles. The number of nitrogens with zero attached hydrogens (tertiary/aromatic N) is 3.